The number of ether oxygens (including phenoxy) is 1. The van der Waals surface area contributed by atoms with E-state index in [4.69, 9.17) is 9.15 Å². The summed E-state index contributed by atoms with van der Waals surface area (Å²) in [6.45, 7) is 1.93. The molecule has 0 radical (unpaired) electrons. The minimum absolute atomic E-state index is 0.240. The van der Waals surface area contributed by atoms with Gasteiger partial charge in [0.25, 0.3) is 0 Å². The molecule has 0 fully saturated rings. The molecule has 0 aliphatic carbocycles. The van der Waals surface area contributed by atoms with E-state index >= 15 is 0 Å². The van der Waals surface area contributed by atoms with E-state index in [9.17, 15) is 4.79 Å². The van der Waals surface area contributed by atoms with Crippen molar-refractivity contribution >= 4 is 6.29 Å². The molecule has 1 aromatic carbocycles. The van der Waals surface area contributed by atoms with E-state index in [0.29, 0.717) is 12.0 Å². The Morgan fingerprint density at radius 2 is 2.25 bits per heavy atom. The van der Waals surface area contributed by atoms with Crippen molar-refractivity contribution in [2.75, 3.05) is 7.11 Å². The zero-order chi connectivity index (χ0) is 11.5. The van der Waals surface area contributed by atoms with Crippen LogP contribution in [0, 0.1) is 6.92 Å². The normalized spacial score (nSPS) is 10.1. The molecule has 0 amide bonds. The maximum Gasteiger partial charge on any atom is 0.194 e. The lowest BCUT2D eigenvalue weighted by Crippen LogP contribution is -1.89. The number of aldehydes is 1. The highest BCUT2D eigenvalue weighted by Crippen LogP contribution is 2.26. The summed E-state index contributed by atoms with van der Waals surface area (Å²) in [5.41, 5.74) is 2.38. The number of benzene rings is 1. The third-order valence-electron chi connectivity index (χ3n) is 2.37. The first-order chi connectivity index (χ1) is 7.76. The van der Waals surface area contributed by atoms with Crippen molar-refractivity contribution in [3.63, 3.8) is 0 Å². The number of carbonyl (C=O) groups excluding carboxylic acids is 1. The van der Waals surface area contributed by atoms with Crippen LogP contribution in [0.1, 0.15) is 16.1 Å². The number of nitrogens with zero attached hydrogens (tertiary/aromatic N) is 1. The maximum atomic E-state index is 10.7. The summed E-state index contributed by atoms with van der Waals surface area (Å²) in [5, 5.41) is 0. The molecule has 0 saturated carbocycles. The van der Waals surface area contributed by atoms with Gasteiger partial charge >= 0.3 is 0 Å². The van der Waals surface area contributed by atoms with Gasteiger partial charge in [0.1, 0.15) is 11.4 Å². The number of hydrogen-bond donors (Lipinski definition) is 0. The number of methoxy groups -OCH3 is 1. The van der Waals surface area contributed by atoms with Crippen LogP contribution in [0.2, 0.25) is 0 Å². The average Bonchev–Trinajstić information content (AvgIpc) is 2.77. The van der Waals surface area contributed by atoms with Gasteiger partial charge in [0, 0.05) is 5.56 Å². The Hall–Kier alpha value is -2.10. The van der Waals surface area contributed by atoms with Crippen molar-refractivity contribution < 1.29 is 13.9 Å². The van der Waals surface area contributed by atoms with Crippen LogP contribution >= 0.6 is 0 Å². The van der Waals surface area contributed by atoms with Gasteiger partial charge in [0.2, 0.25) is 0 Å². The fraction of sp³-hybridized carbons (Fsp3) is 0.167. The molecule has 82 valence electrons. The van der Waals surface area contributed by atoms with E-state index in [1.54, 1.807) is 7.11 Å². The van der Waals surface area contributed by atoms with Crippen LogP contribution in [-0.2, 0) is 0 Å². The zero-order valence-electron chi connectivity index (χ0n) is 9.06. The van der Waals surface area contributed by atoms with Crippen LogP contribution in [0.5, 0.6) is 5.75 Å². The molecule has 0 aliphatic heterocycles. The second-order valence-corrected chi connectivity index (χ2v) is 3.37. The van der Waals surface area contributed by atoms with E-state index < -0.39 is 0 Å². The predicted octanol–water partition coefficient (Wildman–Crippen LogP) is 2.47. The van der Waals surface area contributed by atoms with E-state index in [2.05, 4.69) is 4.98 Å². The average molecular weight is 217 g/mol. The lowest BCUT2D eigenvalue weighted by atomic mass is 10.1. The fourth-order valence-electron chi connectivity index (χ4n) is 1.58. The van der Waals surface area contributed by atoms with E-state index in [0.717, 1.165) is 16.9 Å². The molecule has 4 heteroatoms. The van der Waals surface area contributed by atoms with Crippen molar-refractivity contribution in [3.05, 3.63) is 35.9 Å². The number of aryl methyl sites for hydroxylation is 1. The van der Waals surface area contributed by atoms with Crippen LogP contribution in [0.15, 0.2) is 29.0 Å². The first-order valence-corrected chi connectivity index (χ1v) is 4.80. The van der Waals surface area contributed by atoms with Gasteiger partial charge in [-0.05, 0) is 30.7 Å². The molecule has 2 aromatic rings. The van der Waals surface area contributed by atoms with Crippen LogP contribution in [0.25, 0.3) is 11.3 Å². The molecule has 0 bridgehead atoms. The number of carbonyl (C=O) groups is 1. The Labute approximate surface area is 92.9 Å². The van der Waals surface area contributed by atoms with E-state index in [-0.39, 0.29) is 5.76 Å². The Balaban J connectivity index is 2.49. The summed E-state index contributed by atoms with van der Waals surface area (Å²) in [5.74, 6) is 1.05. The summed E-state index contributed by atoms with van der Waals surface area (Å²) in [7, 11) is 1.62. The molecule has 0 unspecified atom stereocenters. The summed E-state index contributed by atoms with van der Waals surface area (Å²) >= 11 is 0. The molecule has 0 N–H and O–H groups in total. The van der Waals surface area contributed by atoms with Crippen LogP contribution in [-0.4, -0.2) is 18.4 Å². The monoisotopic (exact) mass is 217 g/mol. The first-order valence-electron chi connectivity index (χ1n) is 4.80. The minimum Gasteiger partial charge on any atom is -0.496 e. The highest BCUT2D eigenvalue weighted by molar-refractivity contribution is 5.82. The Bertz CT molecular complexity index is 517. The molecule has 1 heterocycles. The topological polar surface area (TPSA) is 52.3 Å². The van der Waals surface area contributed by atoms with Crippen molar-refractivity contribution in [2.45, 2.75) is 6.92 Å². The van der Waals surface area contributed by atoms with Gasteiger partial charge in [-0.2, -0.15) is 0 Å². The van der Waals surface area contributed by atoms with Gasteiger partial charge in [-0.15, -0.1) is 0 Å². The minimum atomic E-state index is 0.240. The van der Waals surface area contributed by atoms with E-state index in [1.165, 1.54) is 6.39 Å². The summed E-state index contributed by atoms with van der Waals surface area (Å²) in [6.07, 6.45) is 1.92. The molecule has 1 aromatic heterocycles. The number of hydrogen-bond acceptors (Lipinski definition) is 4. The number of rotatable bonds is 3. The largest absolute Gasteiger partial charge is 0.496 e. The fourth-order valence-corrected chi connectivity index (χ4v) is 1.58. The van der Waals surface area contributed by atoms with Gasteiger partial charge < -0.3 is 9.15 Å². The molecule has 2 rings (SSSR count). The molecular formula is C12H11NO3. The molecular weight excluding hydrogens is 206 g/mol. The SMILES string of the molecule is COc1ccc(-c2ncoc2C=O)cc1C. The van der Waals surface area contributed by atoms with E-state index in [1.807, 2.05) is 25.1 Å². The second-order valence-electron chi connectivity index (χ2n) is 3.37. The lowest BCUT2D eigenvalue weighted by molar-refractivity contribution is 0.110. The first kappa shape index (κ1) is 10.4. The zero-order valence-corrected chi connectivity index (χ0v) is 9.06. The van der Waals surface area contributed by atoms with Crippen molar-refractivity contribution in [3.8, 4) is 17.0 Å². The van der Waals surface area contributed by atoms with Crippen molar-refractivity contribution in [1.29, 1.82) is 0 Å². The summed E-state index contributed by atoms with van der Waals surface area (Å²) in [4.78, 5) is 14.7. The molecule has 0 aliphatic rings. The molecule has 0 atom stereocenters. The maximum absolute atomic E-state index is 10.7. The van der Waals surface area contributed by atoms with Crippen LogP contribution < -0.4 is 4.74 Å². The quantitative estimate of drug-likeness (QED) is 0.741. The molecule has 4 nitrogen and oxygen atoms in total. The van der Waals surface area contributed by atoms with Crippen LogP contribution in [0.4, 0.5) is 0 Å². The van der Waals surface area contributed by atoms with Gasteiger partial charge in [-0.3, -0.25) is 4.79 Å². The summed E-state index contributed by atoms with van der Waals surface area (Å²) < 4.78 is 10.1. The molecule has 16 heavy (non-hydrogen) atoms. The van der Waals surface area contributed by atoms with Gasteiger partial charge in [0.05, 0.1) is 7.11 Å². The number of aromatic nitrogens is 1. The van der Waals surface area contributed by atoms with Crippen molar-refractivity contribution in [2.24, 2.45) is 0 Å². The smallest absolute Gasteiger partial charge is 0.194 e. The molecule has 0 spiro atoms. The summed E-state index contributed by atoms with van der Waals surface area (Å²) in [6, 6.07) is 5.59. The van der Waals surface area contributed by atoms with Crippen molar-refractivity contribution in [1.82, 2.24) is 4.98 Å². The predicted molar refractivity (Wildman–Crippen MR) is 58.6 cm³/mol. The van der Waals surface area contributed by atoms with Gasteiger partial charge in [0.15, 0.2) is 18.4 Å². The Morgan fingerprint density at radius 1 is 1.44 bits per heavy atom. The van der Waals surface area contributed by atoms with Gasteiger partial charge in [-0.25, -0.2) is 4.98 Å². The highest BCUT2D eigenvalue weighted by Gasteiger charge is 2.10. The third-order valence-corrected chi connectivity index (χ3v) is 2.37. The molecule has 0 saturated heterocycles. The van der Waals surface area contributed by atoms with Crippen LogP contribution in [0.3, 0.4) is 0 Å². The van der Waals surface area contributed by atoms with Gasteiger partial charge in [-0.1, -0.05) is 0 Å². The third kappa shape index (κ3) is 1.69. The second kappa shape index (κ2) is 4.18. The highest BCUT2D eigenvalue weighted by atomic mass is 16.5. The number of oxazole rings is 1. The standard InChI is InChI=1S/C12H11NO3/c1-8-5-9(3-4-10(8)15-2)12-11(6-14)16-7-13-12/h3-7H,1-2H3. The Kier molecular flexibility index (Phi) is 2.72. The lowest BCUT2D eigenvalue weighted by Gasteiger charge is -2.05. The Morgan fingerprint density at radius 3 is 2.88 bits per heavy atom.